The number of methoxy groups -OCH3 is 1. The zero-order valence-corrected chi connectivity index (χ0v) is 12.7. The minimum Gasteiger partial charge on any atom is -0.494 e. The van der Waals surface area contributed by atoms with Crippen LogP contribution in [0.4, 0.5) is 10.2 Å². The third-order valence-electron chi connectivity index (χ3n) is 2.89. The van der Waals surface area contributed by atoms with Crippen LogP contribution >= 0.6 is 0 Å². The summed E-state index contributed by atoms with van der Waals surface area (Å²) in [6.45, 7) is 3.90. The average Bonchev–Trinajstić information content (AvgIpc) is 2.86. The SMILES string of the molecule is COc1ccc(S(=O)(=O)Nc2cc(C(C)C)[nH]n2)cc1F. The molecule has 0 saturated heterocycles. The van der Waals surface area contributed by atoms with Crippen molar-refractivity contribution in [2.45, 2.75) is 24.7 Å². The lowest BCUT2D eigenvalue weighted by Gasteiger charge is -2.07. The minimum atomic E-state index is -3.90. The van der Waals surface area contributed by atoms with Gasteiger partial charge < -0.3 is 4.74 Å². The van der Waals surface area contributed by atoms with Crippen molar-refractivity contribution in [1.29, 1.82) is 0 Å². The molecule has 0 aliphatic rings. The van der Waals surface area contributed by atoms with Crippen molar-refractivity contribution < 1.29 is 17.5 Å². The van der Waals surface area contributed by atoms with Crippen LogP contribution in [-0.4, -0.2) is 25.7 Å². The number of nitrogens with one attached hydrogen (secondary N) is 2. The summed E-state index contributed by atoms with van der Waals surface area (Å²) in [7, 11) is -2.59. The van der Waals surface area contributed by atoms with Crippen LogP contribution in [0, 0.1) is 5.82 Å². The summed E-state index contributed by atoms with van der Waals surface area (Å²) < 4.78 is 45.0. The molecule has 0 bridgehead atoms. The largest absolute Gasteiger partial charge is 0.494 e. The van der Waals surface area contributed by atoms with E-state index in [-0.39, 0.29) is 22.4 Å². The first kappa shape index (κ1) is 15.3. The number of hydrogen-bond acceptors (Lipinski definition) is 4. The van der Waals surface area contributed by atoms with Crippen LogP contribution in [0.5, 0.6) is 5.75 Å². The topological polar surface area (TPSA) is 84.1 Å². The van der Waals surface area contributed by atoms with Crippen LogP contribution in [0.1, 0.15) is 25.5 Å². The van der Waals surface area contributed by atoms with Gasteiger partial charge in [-0.25, -0.2) is 12.8 Å². The molecule has 0 aliphatic heterocycles. The summed E-state index contributed by atoms with van der Waals surface area (Å²) in [6.07, 6.45) is 0. The van der Waals surface area contributed by atoms with Gasteiger partial charge in [0.1, 0.15) is 0 Å². The van der Waals surface area contributed by atoms with E-state index >= 15 is 0 Å². The van der Waals surface area contributed by atoms with Gasteiger partial charge in [0.05, 0.1) is 12.0 Å². The quantitative estimate of drug-likeness (QED) is 0.888. The number of ether oxygens (including phenoxy) is 1. The van der Waals surface area contributed by atoms with Crippen LogP contribution in [0.15, 0.2) is 29.2 Å². The lowest BCUT2D eigenvalue weighted by Crippen LogP contribution is -2.13. The van der Waals surface area contributed by atoms with E-state index in [1.54, 1.807) is 6.07 Å². The maximum atomic E-state index is 13.6. The first-order valence-corrected chi connectivity index (χ1v) is 7.73. The maximum Gasteiger partial charge on any atom is 0.263 e. The lowest BCUT2D eigenvalue weighted by molar-refractivity contribution is 0.385. The molecule has 0 amide bonds. The molecule has 1 aromatic heterocycles. The molecule has 6 nitrogen and oxygen atoms in total. The zero-order valence-electron chi connectivity index (χ0n) is 11.8. The van der Waals surface area contributed by atoms with E-state index in [0.29, 0.717) is 0 Å². The Balaban J connectivity index is 2.27. The number of sulfonamides is 1. The monoisotopic (exact) mass is 313 g/mol. The van der Waals surface area contributed by atoms with Gasteiger partial charge in [-0.1, -0.05) is 13.8 Å². The van der Waals surface area contributed by atoms with Crippen molar-refractivity contribution in [2.24, 2.45) is 0 Å². The van der Waals surface area contributed by atoms with Gasteiger partial charge in [0.2, 0.25) is 0 Å². The van der Waals surface area contributed by atoms with Crippen LogP contribution in [-0.2, 0) is 10.0 Å². The van der Waals surface area contributed by atoms with Crippen molar-refractivity contribution in [3.63, 3.8) is 0 Å². The fourth-order valence-corrected chi connectivity index (χ4v) is 2.70. The van der Waals surface area contributed by atoms with Crippen LogP contribution in [0.3, 0.4) is 0 Å². The molecule has 2 rings (SSSR count). The van der Waals surface area contributed by atoms with E-state index in [1.807, 2.05) is 13.8 Å². The van der Waals surface area contributed by atoms with Gasteiger partial charge in [-0.2, -0.15) is 5.10 Å². The molecular formula is C13H16FN3O3S. The molecule has 0 saturated carbocycles. The van der Waals surface area contributed by atoms with Gasteiger partial charge in [0, 0.05) is 11.8 Å². The number of aromatic nitrogens is 2. The second kappa shape index (κ2) is 5.72. The molecule has 2 aromatic rings. The molecule has 1 aromatic carbocycles. The first-order chi connectivity index (χ1) is 9.83. The molecule has 8 heteroatoms. The van der Waals surface area contributed by atoms with E-state index in [4.69, 9.17) is 4.74 Å². The molecule has 1 heterocycles. The Hall–Kier alpha value is -2.09. The number of benzene rings is 1. The van der Waals surface area contributed by atoms with Crippen LogP contribution in [0.2, 0.25) is 0 Å². The summed E-state index contributed by atoms with van der Waals surface area (Å²) in [5.74, 6) is -0.412. The van der Waals surface area contributed by atoms with Gasteiger partial charge in [0.15, 0.2) is 17.4 Å². The third kappa shape index (κ3) is 3.33. The highest BCUT2D eigenvalue weighted by molar-refractivity contribution is 7.92. The Morgan fingerprint density at radius 2 is 2.05 bits per heavy atom. The summed E-state index contributed by atoms with van der Waals surface area (Å²) in [5.41, 5.74) is 0.800. The molecule has 0 atom stereocenters. The lowest BCUT2D eigenvalue weighted by atomic mass is 10.1. The smallest absolute Gasteiger partial charge is 0.263 e. The molecule has 0 aliphatic carbocycles. The van der Waals surface area contributed by atoms with Crippen LogP contribution in [0.25, 0.3) is 0 Å². The van der Waals surface area contributed by atoms with E-state index in [0.717, 1.165) is 11.8 Å². The molecule has 0 unspecified atom stereocenters. The first-order valence-electron chi connectivity index (χ1n) is 6.25. The predicted octanol–water partition coefficient (Wildman–Crippen LogP) is 2.48. The highest BCUT2D eigenvalue weighted by Crippen LogP contribution is 2.23. The standard InChI is InChI=1S/C13H16FN3O3S/c1-8(2)11-7-13(16-15-11)17-21(18,19)9-4-5-12(20-3)10(14)6-9/h4-8H,1-3H3,(H2,15,16,17). The number of hydrogen-bond donors (Lipinski definition) is 2. The van der Waals surface area contributed by atoms with Crippen LogP contribution < -0.4 is 9.46 Å². The van der Waals surface area contributed by atoms with E-state index < -0.39 is 15.8 Å². The average molecular weight is 313 g/mol. The summed E-state index contributed by atoms with van der Waals surface area (Å²) in [4.78, 5) is -0.199. The van der Waals surface area contributed by atoms with Crippen molar-refractivity contribution in [2.75, 3.05) is 11.8 Å². The Bertz CT molecular complexity index is 741. The van der Waals surface area contributed by atoms with Crippen molar-refractivity contribution >= 4 is 15.8 Å². The van der Waals surface area contributed by atoms with Gasteiger partial charge in [-0.3, -0.25) is 9.82 Å². The number of halogens is 1. The molecule has 0 fully saturated rings. The van der Waals surface area contributed by atoms with Crippen molar-refractivity contribution in [3.05, 3.63) is 35.8 Å². The normalized spacial score (nSPS) is 11.7. The number of H-pyrrole nitrogens is 1. The molecule has 0 spiro atoms. The molecule has 2 N–H and O–H groups in total. The van der Waals surface area contributed by atoms with Gasteiger partial charge in [-0.05, 0) is 24.1 Å². The summed E-state index contributed by atoms with van der Waals surface area (Å²) in [5, 5.41) is 6.61. The fourth-order valence-electron chi connectivity index (χ4n) is 1.70. The Labute approximate surface area is 122 Å². The summed E-state index contributed by atoms with van der Waals surface area (Å²) in [6, 6.07) is 5.02. The second-order valence-corrected chi connectivity index (χ2v) is 6.45. The highest BCUT2D eigenvalue weighted by Gasteiger charge is 2.18. The number of nitrogens with zero attached hydrogens (tertiary/aromatic N) is 1. The third-order valence-corrected chi connectivity index (χ3v) is 4.24. The fraction of sp³-hybridized carbons (Fsp3) is 0.308. The Morgan fingerprint density at radius 3 is 2.57 bits per heavy atom. The summed E-state index contributed by atoms with van der Waals surface area (Å²) >= 11 is 0. The van der Waals surface area contributed by atoms with Gasteiger partial charge >= 0.3 is 0 Å². The van der Waals surface area contributed by atoms with Gasteiger partial charge in [-0.15, -0.1) is 0 Å². The number of anilines is 1. The predicted molar refractivity (Wildman–Crippen MR) is 76.4 cm³/mol. The minimum absolute atomic E-state index is 0.0178. The Morgan fingerprint density at radius 1 is 1.33 bits per heavy atom. The highest BCUT2D eigenvalue weighted by atomic mass is 32.2. The van der Waals surface area contributed by atoms with Crippen molar-refractivity contribution in [3.8, 4) is 5.75 Å². The Kier molecular flexibility index (Phi) is 4.17. The molecule has 0 radical (unpaired) electrons. The molecular weight excluding hydrogens is 297 g/mol. The van der Waals surface area contributed by atoms with E-state index in [1.165, 1.54) is 19.2 Å². The molecule has 114 valence electrons. The van der Waals surface area contributed by atoms with Crippen molar-refractivity contribution in [1.82, 2.24) is 10.2 Å². The second-order valence-electron chi connectivity index (χ2n) is 4.77. The zero-order chi connectivity index (χ0) is 15.6. The number of rotatable bonds is 5. The maximum absolute atomic E-state index is 13.6. The van der Waals surface area contributed by atoms with E-state index in [2.05, 4.69) is 14.9 Å². The molecule has 21 heavy (non-hydrogen) atoms. The number of aromatic amines is 1. The van der Waals surface area contributed by atoms with Gasteiger partial charge in [0.25, 0.3) is 10.0 Å². The van der Waals surface area contributed by atoms with E-state index in [9.17, 15) is 12.8 Å².